The summed E-state index contributed by atoms with van der Waals surface area (Å²) in [5, 5.41) is 52.1. The molecule has 4 saturated carbocycles. The monoisotopic (exact) mass is 577 g/mol. The third-order valence-corrected chi connectivity index (χ3v) is 13.5. The number of aliphatic imine (C=N–C) groups is 1. The average molecular weight is 578 g/mol. The summed E-state index contributed by atoms with van der Waals surface area (Å²) >= 11 is 0. The largest absolute Gasteiger partial charge is 0.394 e. The molecule has 5 N–H and O–H groups in total. The number of aliphatic hydroxyl groups excluding tert-OH is 5. The minimum Gasteiger partial charge on any atom is -0.394 e. The fourth-order valence-corrected chi connectivity index (χ4v) is 11.1. The van der Waals surface area contributed by atoms with Crippen molar-refractivity contribution < 1.29 is 35.0 Å². The molecule has 2 heterocycles. The van der Waals surface area contributed by atoms with Gasteiger partial charge in [0.1, 0.15) is 24.4 Å². The van der Waals surface area contributed by atoms with Gasteiger partial charge in [-0.15, -0.1) is 0 Å². The second-order valence-electron chi connectivity index (χ2n) is 15.5. The summed E-state index contributed by atoms with van der Waals surface area (Å²) < 4.78 is 11.8. The van der Waals surface area contributed by atoms with Crippen molar-refractivity contribution in [3.63, 3.8) is 0 Å². The Morgan fingerprint density at radius 3 is 2.34 bits per heavy atom. The van der Waals surface area contributed by atoms with Gasteiger partial charge in [-0.2, -0.15) is 0 Å². The molecule has 1 saturated heterocycles. The topological polar surface area (TPSA) is 132 Å². The van der Waals surface area contributed by atoms with Crippen LogP contribution < -0.4 is 0 Å². The van der Waals surface area contributed by atoms with E-state index in [0.717, 1.165) is 32.2 Å². The van der Waals surface area contributed by atoms with E-state index in [2.05, 4.69) is 27.7 Å². The van der Waals surface area contributed by atoms with Crippen LogP contribution in [0.1, 0.15) is 91.9 Å². The van der Waals surface area contributed by atoms with Gasteiger partial charge in [0.05, 0.1) is 18.8 Å². The Bertz CT molecular complexity index is 975. The van der Waals surface area contributed by atoms with Gasteiger partial charge in [-0.05, 0) is 116 Å². The predicted octanol–water partition coefficient (Wildman–Crippen LogP) is 3.31. The summed E-state index contributed by atoms with van der Waals surface area (Å²) in [5.74, 6) is 3.89. The quantitative estimate of drug-likeness (QED) is 0.317. The van der Waals surface area contributed by atoms with Crippen LogP contribution in [0, 0.1) is 52.3 Å². The van der Waals surface area contributed by atoms with E-state index in [4.69, 9.17) is 14.5 Å². The summed E-state index contributed by atoms with van der Waals surface area (Å²) in [4.78, 5) is 5.05. The van der Waals surface area contributed by atoms with Crippen molar-refractivity contribution in [1.82, 2.24) is 0 Å². The first-order valence-corrected chi connectivity index (χ1v) is 16.6. The van der Waals surface area contributed by atoms with Crippen LogP contribution in [0.15, 0.2) is 4.99 Å². The molecule has 0 spiro atoms. The maximum atomic E-state index is 11.7. The van der Waals surface area contributed by atoms with Gasteiger partial charge in [0.2, 0.25) is 0 Å². The van der Waals surface area contributed by atoms with Gasteiger partial charge in [-0.25, -0.2) is 0 Å². The molecule has 6 rings (SSSR count). The van der Waals surface area contributed by atoms with E-state index in [1.807, 2.05) is 0 Å². The summed E-state index contributed by atoms with van der Waals surface area (Å²) in [6, 6.07) is 0. The first-order valence-electron chi connectivity index (χ1n) is 16.6. The van der Waals surface area contributed by atoms with Crippen molar-refractivity contribution >= 4 is 5.71 Å². The van der Waals surface area contributed by atoms with E-state index >= 15 is 0 Å². The maximum absolute atomic E-state index is 11.7. The maximum Gasteiger partial charge on any atom is 0.186 e. The Hall–Kier alpha value is -0.610. The van der Waals surface area contributed by atoms with Gasteiger partial charge in [-0.1, -0.05) is 27.7 Å². The van der Waals surface area contributed by atoms with Crippen molar-refractivity contribution in [3.8, 4) is 0 Å². The highest BCUT2D eigenvalue weighted by Crippen LogP contribution is 2.68. The van der Waals surface area contributed by atoms with Crippen LogP contribution in [0.3, 0.4) is 0 Å². The zero-order valence-corrected chi connectivity index (χ0v) is 25.6. The number of fused-ring (bicyclic) bond motifs is 5. The van der Waals surface area contributed by atoms with Crippen LogP contribution in [0.4, 0.5) is 0 Å². The lowest BCUT2D eigenvalue weighted by Crippen LogP contribution is -2.61. The number of hydrogen-bond acceptors (Lipinski definition) is 8. The fourth-order valence-electron chi connectivity index (χ4n) is 11.1. The highest BCUT2D eigenvalue weighted by atomic mass is 16.7. The number of aliphatic hydroxyl groups is 5. The van der Waals surface area contributed by atoms with Crippen molar-refractivity contribution in [2.45, 2.75) is 135 Å². The van der Waals surface area contributed by atoms with Crippen molar-refractivity contribution in [2.24, 2.45) is 57.2 Å². The fraction of sp³-hybridized carbons (Fsp3) is 0.970. The molecule has 8 heteroatoms. The molecule has 0 aromatic heterocycles. The van der Waals surface area contributed by atoms with E-state index < -0.39 is 37.3 Å². The van der Waals surface area contributed by atoms with Crippen molar-refractivity contribution in [3.05, 3.63) is 0 Å². The van der Waals surface area contributed by atoms with Crippen LogP contribution in [0.5, 0.6) is 0 Å². The Morgan fingerprint density at radius 2 is 1.63 bits per heavy atom. The third-order valence-electron chi connectivity index (χ3n) is 13.5. The van der Waals surface area contributed by atoms with E-state index in [1.165, 1.54) is 37.8 Å². The molecule has 5 fully saturated rings. The van der Waals surface area contributed by atoms with E-state index in [-0.39, 0.29) is 23.5 Å². The second kappa shape index (κ2) is 11.4. The summed E-state index contributed by atoms with van der Waals surface area (Å²) in [6.07, 6.45) is 3.87. The molecule has 0 aromatic carbocycles. The minimum absolute atomic E-state index is 0.0478. The van der Waals surface area contributed by atoms with Crippen LogP contribution in [0.2, 0.25) is 0 Å². The van der Waals surface area contributed by atoms with E-state index in [9.17, 15) is 25.5 Å². The molecule has 234 valence electrons. The number of rotatable bonds is 5. The Labute approximate surface area is 245 Å². The molecule has 16 atom stereocenters. The zero-order chi connectivity index (χ0) is 29.3. The highest BCUT2D eigenvalue weighted by molar-refractivity contribution is 5.87. The summed E-state index contributed by atoms with van der Waals surface area (Å²) in [7, 11) is 0. The molecule has 6 aliphatic rings. The lowest BCUT2D eigenvalue weighted by Gasteiger charge is -2.62. The molecule has 41 heavy (non-hydrogen) atoms. The van der Waals surface area contributed by atoms with Gasteiger partial charge >= 0.3 is 0 Å². The highest BCUT2D eigenvalue weighted by Gasteiger charge is 2.63. The first-order chi connectivity index (χ1) is 19.5. The molecular weight excluding hydrogens is 522 g/mol. The smallest absolute Gasteiger partial charge is 0.186 e. The Balaban J connectivity index is 1.14. The number of hydrogen-bond donors (Lipinski definition) is 5. The molecule has 0 bridgehead atoms. The minimum atomic E-state index is -1.44. The Kier molecular flexibility index (Phi) is 8.45. The van der Waals surface area contributed by atoms with Crippen LogP contribution >= 0.6 is 0 Å². The predicted molar refractivity (Wildman–Crippen MR) is 155 cm³/mol. The van der Waals surface area contributed by atoms with E-state index in [1.54, 1.807) is 0 Å². The molecule has 2 aliphatic heterocycles. The molecular formula is C33H55NO7. The van der Waals surface area contributed by atoms with Crippen LogP contribution in [0.25, 0.3) is 0 Å². The Morgan fingerprint density at radius 1 is 0.902 bits per heavy atom. The molecule has 16 unspecified atom stereocenters. The summed E-state index contributed by atoms with van der Waals surface area (Å²) in [5.41, 5.74) is 1.83. The van der Waals surface area contributed by atoms with Gasteiger partial charge in [-0.3, -0.25) is 4.99 Å². The van der Waals surface area contributed by atoms with Crippen molar-refractivity contribution in [2.75, 3.05) is 13.2 Å². The van der Waals surface area contributed by atoms with Gasteiger partial charge in [0.15, 0.2) is 6.29 Å². The standard InChI is InChI=1S/C33H55NO7/c1-17-5-8-25(34-15-17)18(2)21-6-7-22-20-14-26(36)24-13-19(9-11-33(24,4)23(20)10-12-32(21,22)3)40-31-30(39)29(38)28(37)27(16-35)41-31/h17-24,26-31,35-39H,5-16H2,1-4H3. The molecule has 0 aromatic rings. The lowest BCUT2D eigenvalue weighted by atomic mass is 9.43. The van der Waals surface area contributed by atoms with E-state index in [0.29, 0.717) is 47.3 Å². The third kappa shape index (κ3) is 5.05. The van der Waals surface area contributed by atoms with Crippen LogP contribution in [-0.2, 0) is 9.47 Å². The van der Waals surface area contributed by atoms with Crippen molar-refractivity contribution in [1.29, 1.82) is 0 Å². The number of nitrogens with zero attached hydrogens (tertiary/aromatic N) is 1. The first kappa shape index (κ1) is 30.4. The SMILES string of the molecule is CC1CCC(C(C)C2CCC3C4CC(O)C5CC(OC6OC(CO)C(O)C(O)C6O)CCC5(C)C4CCC23C)=NC1. The molecule has 0 radical (unpaired) electrons. The summed E-state index contributed by atoms with van der Waals surface area (Å²) in [6.45, 7) is 10.3. The normalized spacial score (nSPS) is 54.5. The van der Waals surface area contributed by atoms with Gasteiger partial charge < -0.3 is 35.0 Å². The molecule has 4 aliphatic carbocycles. The average Bonchev–Trinajstić information content (AvgIpc) is 3.31. The zero-order valence-electron chi connectivity index (χ0n) is 25.6. The van der Waals surface area contributed by atoms with Gasteiger partial charge in [0, 0.05) is 12.3 Å². The lowest BCUT2D eigenvalue weighted by molar-refractivity contribution is -0.317. The van der Waals surface area contributed by atoms with Gasteiger partial charge in [0.25, 0.3) is 0 Å². The second-order valence-corrected chi connectivity index (χ2v) is 15.5. The molecule has 8 nitrogen and oxygen atoms in total. The molecule has 0 amide bonds. The number of ether oxygens (including phenoxy) is 2. The van der Waals surface area contributed by atoms with Crippen LogP contribution in [-0.4, -0.2) is 87.3 Å².